The molecule has 3 heterocycles. The first-order chi connectivity index (χ1) is 12.1. The van der Waals surface area contributed by atoms with Crippen LogP contribution >= 0.6 is 0 Å². The highest BCUT2D eigenvalue weighted by molar-refractivity contribution is 5.94. The maximum absolute atomic E-state index is 12.7. The van der Waals surface area contributed by atoms with Crippen molar-refractivity contribution in [2.45, 2.75) is 32.7 Å². The molecule has 3 rings (SSSR count). The molecule has 1 N–H and O–H groups in total. The summed E-state index contributed by atoms with van der Waals surface area (Å²) in [5.74, 6) is 0.516. The van der Waals surface area contributed by atoms with Gasteiger partial charge in [0.1, 0.15) is 11.5 Å². The Morgan fingerprint density at radius 3 is 2.56 bits per heavy atom. The number of hydrogen-bond acceptors (Lipinski definition) is 3. The van der Waals surface area contributed by atoms with Crippen LogP contribution in [0.15, 0.2) is 42.7 Å². The highest BCUT2D eigenvalue weighted by Crippen LogP contribution is 2.21. The maximum atomic E-state index is 12.7. The van der Waals surface area contributed by atoms with Crippen molar-refractivity contribution in [3.8, 4) is 0 Å². The lowest BCUT2D eigenvalue weighted by Crippen LogP contribution is -2.42. The molecule has 6 nitrogen and oxygen atoms in total. The van der Waals surface area contributed by atoms with Gasteiger partial charge in [0, 0.05) is 37.4 Å². The van der Waals surface area contributed by atoms with E-state index < -0.39 is 0 Å². The molecular weight excluding hydrogens is 316 g/mol. The first-order valence-electron chi connectivity index (χ1n) is 8.74. The minimum Gasteiger partial charge on any atom is -0.341 e. The second kappa shape index (κ2) is 7.51. The summed E-state index contributed by atoms with van der Waals surface area (Å²) in [7, 11) is 0. The summed E-state index contributed by atoms with van der Waals surface area (Å²) >= 11 is 0. The average molecular weight is 340 g/mol. The molecule has 132 valence electrons. The minimum absolute atomic E-state index is 0.0173. The van der Waals surface area contributed by atoms with Crippen LogP contribution in [-0.4, -0.2) is 39.4 Å². The summed E-state index contributed by atoms with van der Waals surface area (Å²) in [6, 6.07) is 9.44. The molecule has 0 atom stereocenters. The molecular formula is C19H24N4O2. The van der Waals surface area contributed by atoms with Crippen molar-refractivity contribution in [2.75, 3.05) is 18.4 Å². The second-order valence-corrected chi connectivity index (χ2v) is 6.67. The number of piperidine rings is 1. The number of nitrogens with one attached hydrogen (secondary N) is 1. The molecule has 1 saturated heterocycles. The van der Waals surface area contributed by atoms with E-state index in [1.54, 1.807) is 12.3 Å². The largest absolute Gasteiger partial charge is 0.341 e. The number of carbonyl (C=O) groups excluding carboxylic acids is 2. The van der Waals surface area contributed by atoms with E-state index in [1.165, 1.54) is 0 Å². The number of rotatable bonds is 4. The third kappa shape index (κ3) is 3.90. The lowest BCUT2D eigenvalue weighted by Gasteiger charge is -2.31. The fourth-order valence-corrected chi connectivity index (χ4v) is 3.20. The van der Waals surface area contributed by atoms with Crippen LogP contribution in [0.3, 0.4) is 0 Å². The Balaban J connectivity index is 1.57. The van der Waals surface area contributed by atoms with Crippen LogP contribution in [0.4, 0.5) is 5.82 Å². The molecule has 0 aromatic carbocycles. The Kier molecular flexibility index (Phi) is 5.16. The number of carbonyl (C=O) groups is 2. The first-order valence-corrected chi connectivity index (χ1v) is 8.74. The number of amides is 2. The maximum Gasteiger partial charge on any atom is 0.270 e. The zero-order chi connectivity index (χ0) is 17.8. The molecule has 0 aliphatic carbocycles. The molecule has 1 fully saturated rings. The molecule has 1 aliphatic rings. The van der Waals surface area contributed by atoms with Gasteiger partial charge in [0.2, 0.25) is 5.91 Å². The molecule has 0 radical (unpaired) electrons. The first kappa shape index (κ1) is 17.2. The van der Waals surface area contributed by atoms with Crippen molar-refractivity contribution < 1.29 is 9.59 Å². The fraction of sp³-hybridized carbons (Fsp3) is 0.421. The number of aromatic nitrogens is 2. The molecule has 2 amide bonds. The summed E-state index contributed by atoms with van der Waals surface area (Å²) in [5, 5.41) is 2.85. The van der Waals surface area contributed by atoms with E-state index in [2.05, 4.69) is 24.1 Å². The van der Waals surface area contributed by atoms with Gasteiger partial charge in [0.25, 0.3) is 5.91 Å². The van der Waals surface area contributed by atoms with Gasteiger partial charge in [-0.05, 0) is 51.0 Å². The Bertz CT molecular complexity index is 731. The topological polar surface area (TPSA) is 67.2 Å². The minimum atomic E-state index is -0.0806. The van der Waals surface area contributed by atoms with E-state index in [0.29, 0.717) is 37.4 Å². The van der Waals surface area contributed by atoms with Gasteiger partial charge in [0.05, 0.1) is 0 Å². The van der Waals surface area contributed by atoms with Crippen molar-refractivity contribution >= 4 is 17.6 Å². The highest BCUT2D eigenvalue weighted by Gasteiger charge is 2.29. The lowest BCUT2D eigenvalue weighted by molar-refractivity contribution is -0.121. The van der Waals surface area contributed by atoms with Crippen LogP contribution in [-0.2, 0) is 4.79 Å². The Morgan fingerprint density at radius 1 is 1.16 bits per heavy atom. The van der Waals surface area contributed by atoms with Gasteiger partial charge in [-0.25, -0.2) is 4.98 Å². The van der Waals surface area contributed by atoms with Gasteiger partial charge < -0.3 is 14.8 Å². The molecule has 0 spiro atoms. The van der Waals surface area contributed by atoms with E-state index in [4.69, 9.17) is 0 Å². The predicted octanol–water partition coefficient (Wildman–Crippen LogP) is 2.95. The zero-order valence-corrected chi connectivity index (χ0v) is 14.7. The normalized spacial score (nSPS) is 15.4. The fourth-order valence-electron chi connectivity index (χ4n) is 3.20. The third-order valence-corrected chi connectivity index (χ3v) is 4.62. The van der Waals surface area contributed by atoms with Crippen molar-refractivity contribution in [1.82, 2.24) is 14.5 Å². The molecule has 6 heteroatoms. The van der Waals surface area contributed by atoms with Gasteiger partial charge in [-0.3, -0.25) is 9.59 Å². The smallest absolute Gasteiger partial charge is 0.270 e. The molecule has 0 bridgehead atoms. The molecule has 25 heavy (non-hydrogen) atoms. The Hall–Kier alpha value is -2.63. The molecule has 0 unspecified atom stereocenters. The zero-order valence-electron chi connectivity index (χ0n) is 14.7. The van der Waals surface area contributed by atoms with Gasteiger partial charge >= 0.3 is 0 Å². The summed E-state index contributed by atoms with van der Waals surface area (Å²) in [4.78, 5) is 31.1. The number of nitrogens with zero attached hydrogens (tertiary/aromatic N) is 3. The Morgan fingerprint density at radius 2 is 1.92 bits per heavy atom. The molecule has 2 aromatic rings. The van der Waals surface area contributed by atoms with Crippen LogP contribution in [0, 0.1) is 5.92 Å². The van der Waals surface area contributed by atoms with Crippen molar-refractivity contribution in [3.05, 3.63) is 48.4 Å². The van der Waals surface area contributed by atoms with Crippen LogP contribution in [0.5, 0.6) is 0 Å². The summed E-state index contributed by atoms with van der Waals surface area (Å²) in [6.07, 6.45) is 4.94. The lowest BCUT2D eigenvalue weighted by atomic mass is 9.95. The summed E-state index contributed by atoms with van der Waals surface area (Å²) in [5.41, 5.74) is 0.714. The quantitative estimate of drug-likeness (QED) is 0.930. The van der Waals surface area contributed by atoms with Gasteiger partial charge in [-0.15, -0.1) is 0 Å². The molecule has 1 aliphatic heterocycles. The van der Waals surface area contributed by atoms with Gasteiger partial charge in [-0.2, -0.15) is 0 Å². The van der Waals surface area contributed by atoms with E-state index in [9.17, 15) is 9.59 Å². The number of hydrogen-bond donors (Lipinski definition) is 1. The SMILES string of the molecule is CC(C)n1cccc1C(=O)N1CCC(C(=O)Nc2ccccn2)CC1. The van der Waals surface area contributed by atoms with Crippen molar-refractivity contribution in [3.63, 3.8) is 0 Å². The molecule has 0 saturated carbocycles. The molecule has 2 aromatic heterocycles. The predicted molar refractivity (Wildman–Crippen MR) is 96.3 cm³/mol. The van der Waals surface area contributed by atoms with E-state index in [1.807, 2.05) is 39.9 Å². The number of anilines is 1. The van der Waals surface area contributed by atoms with Crippen LogP contribution < -0.4 is 5.32 Å². The second-order valence-electron chi connectivity index (χ2n) is 6.67. The standard InChI is InChI=1S/C19H24N4O2/c1-14(2)23-11-5-6-16(23)19(25)22-12-8-15(9-13-22)18(24)21-17-7-3-4-10-20-17/h3-7,10-11,14-15H,8-9,12-13H2,1-2H3,(H,20,21,24). The van der Waals surface area contributed by atoms with Crippen LogP contribution in [0.1, 0.15) is 43.2 Å². The van der Waals surface area contributed by atoms with Crippen LogP contribution in [0.2, 0.25) is 0 Å². The van der Waals surface area contributed by atoms with E-state index in [0.717, 1.165) is 0 Å². The monoisotopic (exact) mass is 340 g/mol. The number of likely N-dealkylation sites (tertiary alicyclic amines) is 1. The summed E-state index contributed by atoms with van der Waals surface area (Å²) < 4.78 is 1.99. The third-order valence-electron chi connectivity index (χ3n) is 4.62. The van der Waals surface area contributed by atoms with E-state index in [-0.39, 0.29) is 23.8 Å². The van der Waals surface area contributed by atoms with Gasteiger partial charge in [-0.1, -0.05) is 6.07 Å². The van der Waals surface area contributed by atoms with E-state index >= 15 is 0 Å². The van der Waals surface area contributed by atoms with Crippen molar-refractivity contribution in [2.24, 2.45) is 5.92 Å². The number of pyridine rings is 1. The highest BCUT2D eigenvalue weighted by atomic mass is 16.2. The van der Waals surface area contributed by atoms with Crippen molar-refractivity contribution in [1.29, 1.82) is 0 Å². The van der Waals surface area contributed by atoms with Gasteiger partial charge in [0.15, 0.2) is 0 Å². The summed E-state index contributed by atoms with van der Waals surface area (Å²) in [6.45, 7) is 5.32. The van der Waals surface area contributed by atoms with Crippen LogP contribution in [0.25, 0.3) is 0 Å². The Labute approximate surface area is 147 Å². The average Bonchev–Trinajstić information content (AvgIpc) is 3.12.